The molecule has 0 spiro atoms. The lowest BCUT2D eigenvalue weighted by molar-refractivity contribution is 0.0690. The maximum absolute atomic E-state index is 10.7. The quantitative estimate of drug-likeness (QED) is 0.852. The van der Waals surface area contributed by atoms with Crippen LogP contribution in [0.5, 0.6) is 0 Å². The van der Waals surface area contributed by atoms with Crippen LogP contribution < -0.4 is 4.90 Å². The average Bonchev–Trinajstić information content (AvgIpc) is 2.83. The van der Waals surface area contributed by atoms with Crippen LogP contribution in [-0.2, 0) is 0 Å². The molecule has 0 radical (unpaired) electrons. The highest BCUT2D eigenvalue weighted by atomic mass is 16.4. The molecule has 5 heteroatoms. The van der Waals surface area contributed by atoms with E-state index >= 15 is 0 Å². The summed E-state index contributed by atoms with van der Waals surface area (Å²) in [4.78, 5) is 16.8. The fourth-order valence-corrected chi connectivity index (χ4v) is 2.30. The van der Waals surface area contributed by atoms with Crippen molar-refractivity contribution in [3.05, 3.63) is 12.0 Å². The number of carboxylic acids is 1. The first-order valence-electron chi connectivity index (χ1n) is 5.60. The zero-order valence-electron chi connectivity index (χ0n) is 9.51. The molecule has 2 atom stereocenters. The normalized spacial score (nSPS) is 25.0. The second kappa shape index (κ2) is 4.15. The van der Waals surface area contributed by atoms with Crippen molar-refractivity contribution < 1.29 is 14.3 Å². The number of anilines is 1. The molecular formula is C11H16N2O3. The van der Waals surface area contributed by atoms with Gasteiger partial charge in [-0.1, -0.05) is 6.92 Å². The Morgan fingerprint density at radius 1 is 1.69 bits per heavy atom. The van der Waals surface area contributed by atoms with Gasteiger partial charge in [0.1, 0.15) is 6.26 Å². The van der Waals surface area contributed by atoms with E-state index in [1.54, 1.807) is 0 Å². The van der Waals surface area contributed by atoms with E-state index in [0.717, 1.165) is 19.3 Å². The lowest BCUT2D eigenvalue weighted by Gasteiger charge is -2.25. The van der Waals surface area contributed by atoms with Crippen molar-refractivity contribution in [3.8, 4) is 0 Å². The first-order valence-corrected chi connectivity index (χ1v) is 5.60. The summed E-state index contributed by atoms with van der Waals surface area (Å²) in [6.45, 7) is 4.23. The van der Waals surface area contributed by atoms with Crippen LogP contribution in [0, 0.1) is 0 Å². The molecule has 2 heterocycles. The number of aromatic carboxylic acids is 1. The minimum absolute atomic E-state index is 0.0241. The molecule has 5 nitrogen and oxygen atoms in total. The first-order chi connectivity index (χ1) is 7.63. The summed E-state index contributed by atoms with van der Waals surface area (Å²) in [7, 11) is 0. The molecule has 1 aliphatic heterocycles. The highest BCUT2D eigenvalue weighted by Crippen LogP contribution is 2.31. The summed E-state index contributed by atoms with van der Waals surface area (Å²) in [5.74, 6) is -1.05. The van der Waals surface area contributed by atoms with E-state index in [4.69, 9.17) is 9.52 Å². The number of carbonyl (C=O) groups is 1. The van der Waals surface area contributed by atoms with Gasteiger partial charge in [-0.15, -0.1) is 0 Å². The van der Waals surface area contributed by atoms with E-state index in [1.165, 1.54) is 6.26 Å². The van der Waals surface area contributed by atoms with Crippen molar-refractivity contribution in [2.45, 2.75) is 45.2 Å². The molecule has 0 aromatic carbocycles. The van der Waals surface area contributed by atoms with Crippen molar-refractivity contribution >= 4 is 12.0 Å². The summed E-state index contributed by atoms with van der Waals surface area (Å²) in [6.07, 6.45) is 4.44. The van der Waals surface area contributed by atoms with Crippen LogP contribution in [0.15, 0.2) is 10.7 Å². The highest BCUT2D eigenvalue weighted by molar-refractivity contribution is 5.85. The molecule has 88 valence electrons. The summed E-state index contributed by atoms with van der Waals surface area (Å²) in [6, 6.07) is 1.22. The van der Waals surface area contributed by atoms with Crippen LogP contribution in [-0.4, -0.2) is 28.1 Å². The molecule has 16 heavy (non-hydrogen) atoms. The van der Waals surface area contributed by atoms with Crippen molar-refractivity contribution in [1.29, 1.82) is 0 Å². The maximum Gasteiger partial charge on any atom is 0.357 e. The Morgan fingerprint density at radius 3 is 3.00 bits per heavy atom. The molecule has 2 unspecified atom stereocenters. The third-order valence-electron chi connectivity index (χ3n) is 3.19. The third-order valence-corrected chi connectivity index (χ3v) is 3.19. The fraction of sp³-hybridized carbons (Fsp3) is 0.636. The van der Waals surface area contributed by atoms with Gasteiger partial charge < -0.3 is 14.4 Å². The number of hydrogen-bond acceptors (Lipinski definition) is 4. The van der Waals surface area contributed by atoms with Gasteiger partial charge in [-0.2, -0.15) is 4.98 Å². The molecule has 0 aliphatic carbocycles. The van der Waals surface area contributed by atoms with E-state index in [1.807, 2.05) is 0 Å². The highest BCUT2D eigenvalue weighted by Gasteiger charge is 2.32. The largest absolute Gasteiger partial charge is 0.476 e. The molecular weight excluding hydrogens is 208 g/mol. The fourth-order valence-electron chi connectivity index (χ4n) is 2.30. The van der Waals surface area contributed by atoms with Crippen molar-refractivity contribution in [2.24, 2.45) is 0 Å². The predicted octanol–water partition coefficient (Wildman–Crippen LogP) is 2.14. The summed E-state index contributed by atoms with van der Waals surface area (Å²) < 4.78 is 5.25. The zero-order valence-corrected chi connectivity index (χ0v) is 9.51. The van der Waals surface area contributed by atoms with Crippen LogP contribution >= 0.6 is 0 Å². The van der Waals surface area contributed by atoms with E-state index in [9.17, 15) is 4.79 Å². The maximum atomic E-state index is 10.7. The number of aromatic nitrogens is 1. The molecule has 1 saturated heterocycles. The lowest BCUT2D eigenvalue weighted by atomic mass is 10.2. The van der Waals surface area contributed by atoms with Gasteiger partial charge in [-0.3, -0.25) is 0 Å². The standard InChI is InChI=1S/C11H16N2O3/c1-3-8-5-4-7(2)13(8)11-12-9(6-16-11)10(14)15/h6-8H,3-5H2,1-2H3,(H,14,15). The Kier molecular flexibility index (Phi) is 2.85. The molecule has 1 aromatic heterocycles. The van der Waals surface area contributed by atoms with Crippen LogP contribution in [0.4, 0.5) is 6.01 Å². The molecule has 0 saturated carbocycles. The van der Waals surface area contributed by atoms with Crippen LogP contribution in [0.3, 0.4) is 0 Å². The van der Waals surface area contributed by atoms with Gasteiger partial charge in [0, 0.05) is 12.1 Å². The Labute approximate surface area is 94.1 Å². The van der Waals surface area contributed by atoms with Crippen molar-refractivity contribution in [1.82, 2.24) is 4.98 Å². The summed E-state index contributed by atoms with van der Waals surface area (Å²) in [5, 5.41) is 8.79. The summed E-state index contributed by atoms with van der Waals surface area (Å²) >= 11 is 0. The molecule has 1 N–H and O–H groups in total. The zero-order chi connectivity index (χ0) is 11.7. The number of carboxylic acid groups (broad SMARTS) is 1. The summed E-state index contributed by atoms with van der Waals surface area (Å²) in [5.41, 5.74) is -0.0241. The topological polar surface area (TPSA) is 66.6 Å². The Hall–Kier alpha value is -1.52. The SMILES string of the molecule is CCC1CCC(C)N1c1nc(C(=O)O)co1. The van der Waals surface area contributed by atoms with Gasteiger partial charge in [0.25, 0.3) is 6.01 Å². The smallest absolute Gasteiger partial charge is 0.357 e. The molecule has 1 aromatic rings. The van der Waals surface area contributed by atoms with Crippen LogP contribution in [0.2, 0.25) is 0 Å². The molecule has 2 rings (SSSR count). The number of oxazole rings is 1. The van der Waals surface area contributed by atoms with Gasteiger partial charge in [-0.25, -0.2) is 4.79 Å². The van der Waals surface area contributed by atoms with Gasteiger partial charge >= 0.3 is 5.97 Å². The molecule has 1 aliphatic rings. The third kappa shape index (κ3) is 1.77. The number of hydrogen-bond donors (Lipinski definition) is 1. The van der Waals surface area contributed by atoms with E-state index in [2.05, 4.69) is 23.7 Å². The van der Waals surface area contributed by atoms with Gasteiger partial charge in [0.2, 0.25) is 0 Å². The molecule has 1 fully saturated rings. The van der Waals surface area contributed by atoms with Gasteiger partial charge in [0.15, 0.2) is 5.69 Å². The lowest BCUT2D eigenvalue weighted by Crippen LogP contribution is -2.34. The Balaban J connectivity index is 2.24. The Bertz CT molecular complexity index is 388. The number of rotatable bonds is 3. The first kappa shape index (κ1) is 11.0. The second-order valence-electron chi connectivity index (χ2n) is 4.22. The van der Waals surface area contributed by atoms with E-state index in [-0.39, 0.29) is 5.69 Å². The van der Waals surface area contributed by atoms with Crippen molar-refractivity contribution in [3.63, 3.8) is 0 Å². The van der Waals surface area contributed by atoms with E-state index in [0.29, 0.717) is 18.1 Å². The van der Waals surface area contributed by atoms with Gasteiger partial charge in [0.05, 0.1) is 0 Å². The number of nitrogens with zero attached hydrogens (tertiary/aromatic N) is 2. The monoisotopic (exact) mass is 224 g/mol. The van der Waals surface area contributed by atoms with E-state index < -0.39 is 5.97 Å². The van der Waals surface area contributed by atoms with Gasteiger partial charge in [-0.05, 0) is 26.2 Å². The van der Waals surface area contributed by atoms with Crippen LogP contribution in [0.25, 0.3) is 0 Å². The Morgan fingerprint density at radius 2 is 2.44 bits per heavy atom. The minimum Gasteiger partial charge on any atom is -0.476 e. The van der Waals surface area contributed by atoms with Crippen LogP contribution in [0.1, 0.15) is 43.6 Å². The molecule has 0 amide bonds. The average molecular weight is 224 g/mol. The molecule has 0 bridgehead atoms. The van der Waals surface area contributed by atoms with Crippen molar-refractivity contribution in [2.75, 3.05) is 4.90 Å². The minimum atomic E-state index is -1.05. The predicted molar refractivity (Wildman–Crippen MR) is 58.7 cm³/mol. The second-order valence-corrected chi connectivity index (χ2v) is 4.22.